The summed E-state index contributed by atoms with van der Waals surface area (Å²) in [5.41, 5.74) is 0. The number of piperazine rings is 1. The van der Waals surface area contributed by atoms with Crippen LogP contribution in [0, 0.1) is 11.8 Å². The summed E-state index contributed by atoms with van der Waals surface area (Å²) in [4.78, 5) is 28.4. The third-order valence-corrected chi connectivity index (χ3v) is 4.41. The Hall–Kier alpha value is -1.14. The van der Waals surface area contributed by atoms with Gasteiger partial charge < -0.3 is 20.4 Å². The molecule has 1 fully saturated rings. The minimum Gasteiger partial charge on any atom is -0.354 e. The number of nitrogens with zero attached hydrogens (tertiary/aromatic N) is 2. The fraction of sp³-hybridized carbons (Fsp3) is 0.882. The van der Waals surface area contributed by atoms with Crippen LogP contribution in [-0.4, -0.2) is 73.5 Å². The Bertz CT molecular complexity index is 379. The fourth-order valence-electron chi connectivity index (χ4n) is 2.93. The van der Waals surface area contributed by atoms with E-state index in [1.165, 1.54) is 6.92 Å². The van der Waals surface area contributed by atoms with Gasteiger partial charge in [-0.3, -0.25) is 9.59 Å². The number of carbonyl (C=O) groups is 2. The molecule has 0 aromatic rings. The molecule has 6 heteroatoms. The molecule has 0 saturated carbocycles. The van der Waals surface area contributed by atoms with Crippen LogP contribution in [0.2, 0.25) is 0 Å². The molecule has 1 saturated heterocycles. The van der Waals surface area contributed by atoms with Crippen molar-refractivity contribution in [1.82, 2.24) is 20.4 Å². The van der Waals surface area contributed by atoms with E-state index in [2.05, 4.69) is 34.3 Å². The summed E-state index contributed by atoms with van der Waals surface area (Å²) in [6.45, 7) is 16.9. The minimum absolute atomic E-state index is 0.0799. The van der Waals surface area contributed by atoms with Gasteiger partial charge in [0.15, 0.2) is 0 Å². The van der Waals surface area contributed by atoms with E-state index in [0.29, 0.717) is 12.5 Å². The zero-order valence-corrected chi connectivity index (χ0v) is 15.4. The van der Waals surface area contributed by atoms with E-state index >= 15 is 0 Å². The number of hydrogen-bond donors (Lipinski definition) is 2. The standard InChI is InChI=1S/C17H34N4O2/c1-6-20-7-9-21(10-8-20)12-14(4)11-18-17(23)16(13(2)3)19-15(5)22/h13-14,16H,6-12H2,1-5H3,(H,18,23)(H,19,22). The molecule has 0 aromatic carbocycles. The predicted octanol–water partition coefficient (Wildman–Crippen LogP) is 0.537. The van der Waals surface area contributed by atoms with Crippen molar-refractivity contribution in [3.8, 4) is 0 Å². The molecule has 2 unspecified atom stereocenters. The second-order valence-electron chi connectivity index (χ2n) is 7.01. The molecule has 0 radical (unpaired) electrons. The third kappa shape index (κ3) is 7.31. The number of nitrogens with one attached hydrogen (secondary N) is 2. The zero-order chi connectivity index (χ0) is 17.4. The number of likely N-dealkylation sites (N-methyl/N-ethyl adjacent to an activating group) is 1. The molecule has 134 valence electrons. The topological polar surface area (TPSA) is 64.7 Å². The van der Waals surface area contributed by atoms with Gasteiger partial charge >= 0.3 is 0 Å². The summed E-state index contributed by atoms with van der Waals surface area (Å²) in [6.07, 6.45) is 0. The maximum absolute atomic E-state index is 12.3. The summed E-state index contributed by atoms with van der Waals surface area (Å²) in [7, 11) is 0. The summed E-state index contributed by atoms with van der Waals surface area (Å²) in [5.74, 6) is 0.229. The van der Waals surface area contributed by atoms with Crippen molar-refractivity contribution < 1.29 is 9.59 Å². The third-order valence-electron chi connectivity index (χ3n) is 4.41. The second-order valence-corrected chi connectivity index (χ2v) is 7.01. The maximum Gasteiger partial charge on any atom is 0.242 e. The Labute approximate surface area is 141 Å². The summed E-state index contributed by atoms with van der Waals surface area (Å²) in [5, 5.41) is 5.72. The summed E-state index contributed by atoms with van der Waals surface area (Å²) >= 11 is 0. The van der Waals surface area contributed by atoms with E-state index < -0.39 is 6.04 Å². The lowest BCUT2D eigenvalue weighted by atomic mass is 10.0. The van der Waals surface area contributed by atoms with Gasteiger partial charge in [-0.05, 0) is 18.4 Å². The normalized spacial score (nSPS) is 19.4. The SMILES string of the molecule is CCN1CCN(CC(C)CNC(=O)C(NC(C)=O)C(C)C)CC1. The van der Waals surface area contributed by atoms with Crippen molar-refractivity contribution in [3.63, 3.8) is 0 Å². The van der Waals surface area contributed by atoms with Gasteiger partial charge in [0.25, 0.3) is 0 Å². The van der Waals surface area contributed by atoms with Crippen molar-refractivity contribution >= 4 is 11.8 Å². The van der Waals surface area contributed by atoms with Crippen molar-refractivity contribution in [2.45, 2.75) is 40.7 Å². The second kappa shape index (κ2) is 9.88. The molecule has 6 nitrogen and oxygen atoms in total. The Morgan fingerprint density at radius 2 is 1.61 bits per heavy atom. The van der Waals surface area contributed by atoms with E-state index in [9.17, 15) is 9.59 Å². The lowest BCUT2D eigenvalue weighted by Gasteiger charge is -2.35. The van der Waals surface area contributed by atoms with Crippen LogP contribution in [0.25, 0.3) is 0 Å². The molecular formula is C17H34N4O2. The number of amides is 2. The minimum atomic E-state index is -0.451. The lowest BCUT2D eigenvalue weighted by molar-refractivity contribution is -0.129. The predicted molar refractivity (Wildman–Crippen MR) is 93.2 cm³/mol. The van der Waals surface area contributed by atoms with Crippen LogP contribution in [0.15, 0.2) is 0 Å². The summed E-state index contributed by atoms with van der Waals surface area (Å²) in [6, 6.07) is -0.451. The highest BCUT2D eigenvalue weighted by molar-refractivity contribution is 5.87. The average Bonchev–Trinajstić information content (AvgIpc) is 2.50. The van der Waals surface area contributed by atoms with Crippen LogP contribution in [0.1, 0.15) is 34.6 Å². The molecule has 0 bridgehead atoms. The first-order valence-corrected chi connectivity index (χ1v) is 8.83. The Balaban J connectivity index is 2.32. The largest absolute Gasteiger partial charge is 0.354 e. The van der Waals surface area contributed by atoms with Crippen LogP contribution in [-0.2, 0) is 9.59 Å². The van der Waals surface area contributed by atoms with E-state index in [0.717, 1.165) is 39.3 Å². The zero-order valence-electron chi connectivity index (χ0n) is 15.4. The molecule has 1 aliphatic rings. The lowest BCUT2D eigenvalue weighted by Crippen LogP contribution is -2.51. The van der Waals surface area contributed by atoms with Crippen LogP contribution in [0.4, 0.5) is 0 Å². The molecule has 2 amide bonds. The summed E-state index contributed by atoms with van der Waals surface area (Å²) < 4.78 is 0. The molecule has 1 aliphatic heterocycles. The molecule has 0 aromatic heterocycles. The van der Waals surface area contributed by atoms with Crippen LogP contribution in [0.5, 0.6) is 0 Å². The van der Waals surface area contributed by atoms with E-state index in [1.54, 1.807) is 0 Å². The monoisotopic (exact) mass is 326 g/mol. The van der Waals surface area contributed by atoms with Gasteiger partial charge in [0.1, 0.15) is 6.04 Å². The highest BCUT2D eigenvalue weighted by atomic mass is 16.2. The number of carbonyl (C=O) groups excluding carboxylic acids is 2. The van der Waals surface area contributed by atoms with Crippen molar-refractivity contribution in [2.24, 2.45) is 11.8 Å². The first-order chi connectivity index (χ1) is 10.8. The van der Waals surface area contributed by atoms with E-state index in [-0.39, 0.29) is 17.7 Å². The van der Waals surface area contributed by atoms with Crippen molar-refractivity contribution in [3.05, 3.63) is 0 Å². The van der Waals surface area contributed by atoms with Gasteiger partial charge in [-0.2, -0.15) is 0 Å². The van der Waals surface area contributed by atoms with Gasteiger partial charge in [-0.25, -0.2) is 0 Å². The van der Waals surface area contributed by atoms with E-state index in [4.69, 9.17) is 0 Å². The number of rotatable bonds is 8. The Kier molecular flexibility index (Phi) is 8.55. The molecule has 23 heavy (non-hydrogen) atoms. The van der Waals surface area contributed by atoms with Crippen molar-refractivity contribution in [1.29, 1.82) is 0 Å². The van der Waals surface area contributed by atoms with Gasteiger partial charge in [0.2, 0.25) is 11.8 Å². The molecule has 1 heterocycles. The Morgan fingerprint density at radius 3 is 2.09 bits per heavy atom. The molecule has 2 atom stereocenters. The molecule has 1 rings (SSSR count). The van der Waals surface area contributed by atoms with Gasteiger partial charge in [0, 0.05) is 46.2 Å². The van der Waals surface area contributed by atoms with E-state index in [1.807, 2.05) is 13.8 Å². The highest BCUT2D eigenvalue weighted by Gasteiger charge is 2.23. The molecule has 0 spiro atoms. The van der Waals surface area contributed by atoms with Gasteiger partial charge in [-0.15, -0.1) is 0 Å². The van der Waals surface area contributed by atoms with Crippen LogP contribution >= 0.6 is 0 Å². The Morgan fingerprint density at radius 1 is 1.04 bits per heavy atom. The molecule has 0 aliphatic carbocycles. The van der Waals surface area contributed by atoms with Gasteiger partial charge in [-0.1, -0.05) is 27.7 Å². The average molecular weight is 326 g/mol. The first-order valence-electron chi connectivity index (χ1n) is 8.83. The van der Waals surface area contributed by atoms with Gasteiger partial charge in [0.05, 0.1) is 0 Å². The fourth-order valence-corrected chi connectivity index (χ4v) is 2.93. The van der Waals surface area contributed by atoms with Crippen LogP contribution in [0.3, 0.4) is 0 Å². The smallest absolute Gasteiger partial charge is 0.242 e. The molecular weight excluding hydrogens is 292 g/mol. The van der Waals surface area contributed by atoms with Crippen molar-refractivity contribution in [2.75, 3.05) is 45.8 Å². The first kappa shape index (κ1) is 19.9. The quantitative estimate of drug-likeness (QED) is 0.683. The van der Waals surface area contributed by atoms with Crippen LogP contribution < -0.4 is 10.6 Å². The molecule has 2 N–H and O–H groups in total. The number of hydrogen-bond acceptors (Lipinski definition) is 4. The maximum atomic E-state index is 12.3. The highest BCUT2D eigenvalue weighted by Crippen LogP contribution is 2.06.